The van der Waals surface area contributed by atoms with Crippen molar-refractivity contribution in [3.05, 3.63) is 36.7 Å². The minimum absolute atomic E-state index is 0.0416. The number of hydrogen-bond acceptors (Lipinski definition) is 5. The van der Waals surface area contributed by atoms with E-state index in [1.54, 1.807) is 41.3 Å². The molecule has 3 rings (SSSR count). The van der Waals surface area contributed by atoms with Crippen molar-refractivity contribution < 1.29 is 13.2 Å². The van der Waals surface area contributed by atoms with Gasteiger partial charge in [0.25, 0.3) is 0 Å². The molecule has 1 unspecified atom stereocenters. The number of ether oxygens (including phenoxy) is 1. The fourth-order valence-corrected chi connectivity index (χ4v) is 4.07. The van der Waals surface area contributed by atoms with E-state index >= 15 is 0 Å². The number of sulfonamides is 1. The molecule has 8 heteroatoms. The third-order valence-corrected chi connectivity index (χ3v) is 5.59. The van der Waals surface area contributed by atoms with Crippen molar-refractivity contribution in [1.29, 1.82) is 0 Å². The first-order chi connectivity index (χ1) is 10.6. The second-order valence-corrected chi connectivity index (χ2v) is 7.03. The summed E-state index contributed by atoms with van der Waals surface area (Å²) in [5.74, 6) is 0.670. The van der Waals surface area contributed by atoms with Crippen molar-refractivity contribution in [2.45, 2.75) is 24.3 Å². The van der Waals surface area contributed by atoms with E-state index in [1.165, 1.54) is 4.31 Å². The standard InChI is InChI=1S/C14H18N4O3S/c1-2-21-13-3-5-14(6-4-13)22(19,20)17-9-7-12(11-17)18-10-8-15-16-18/h3-6,8,10,12H,2,7,9,11H2,1H3. The van der Waals surface area contributed by atoms with Crippen LogP contribution in [0.4, 0.5) is 0 Å². The van der Waals surface area contributed by atoms with Gasteiger partial charge in [0.05, 0.1) is 23.7 Å². The van der Waals surface area contributed by atoms with Gasteiger partial charge in [0.1, 0.15) is 5.75 Å². The molecular weight excluding hydrogens is 304 g/mol. The second-order valence-electron chi connectivity index (χ2n) is 5.09. The average Bonchev–Trinajstić information content (AvgIpc) is 3.19. The summed E-state index contributed by atoms with van der Waals surface area (Å²) in [4.78, 5) is 0.287. The Morgan fingerprint density at radius 2 is 2.09 bits per heavy atom. The van der Waals surface area contributed by atoms with Gasteiger partial charge in [-0.1, -0.05) is 5.21 Å². The van der Waals surface area contributed by atoms with Crippen molar-refractivity contribution in [1.82, 2.24) is 19.3 Å². The summed E-state index contributed by atoms with van der Waals surface area (Å²) >= 11 is 0. The molecule has 1 aromatic heterocycles. The molecule has 0 saturated carbocycles. The fourth-order valence-electron chi connectivity index (χ4n) is 2.58. The summed E-state index contributed by atoms with van der Waals surface area (Å²) in [6.45, 7) is 3.34. The molecule has 1 saturated heterocycles. The van der Waals surface area contributed by atoms with E-state index < -0.39 is 10.0 Å². The number of nitrogens with zero attached hydrogens (tertiary/aromatic N) is 4. The number of benzene rings is 1. The molecule has 1 atom stereocenters. The van der Waals surface area contributed by atoms with Gasteiger partial charge in [-0.05, 0) is 37.6 Å². The van der Waals surface area contributed by atoms with Crippen molar-refractivity contribution in [2.24, 2.45) is 0 Å². The lowest BCUT2D eigenvalue weighted by molar-refractivity contribution is 0.340. The summed E-state index contributed by atoms with van der Waals surface area (Å²) in [7, 11) is -3.48. The van der Waals surface area contributed by atoms with Crippen LogP contribution in [0.3, 0.4) is 0 Å². The molecule has 0 amide bonds. The third-order valence-electron chi connectivity index (χ3n) is 3.71. The van der Waals surface area contributed by atoms with Crippen LogP contribution in [0.5, 0.6) is 5.75 Å². The first-order valence-electron chi connectivity index (χ1n) is 7.20. The van der Waals surface area contributed by atoms with Crippen LogP contribution in [0.15, 0.2) is 41.6 Å². The average molecular weight is 322 g/mol. The molecule has 118 valence electrons. The van der Waals surface area contributed by atoms with Crippen molar-refractivity contribution in [3.63, 3.8) is 0 Å². The summed E-state index contributed by atoms with van der Waals surface area (Å²) in [5, 5.41) is 7.72. The SMILES string of the molecule is CCOc1ccc(S(=O)(=O)N2CCC(n3ccnn3)C2)cc1. The lowest BCUT2D eigenvalue weighted by Gasteiger charge is -2.17. The Labute approximate surface area is 129 Å². The summed E-state index contributed by atoms with van der Waals surface area (Å²) in [6, 6.07) is 6.58. The van der Waals surface area contributed by atoms with Crippen LogP contribution in [0.1, 0.15) is 19.4 Å². The normalized spacial score (nSPS) is 19.4. The highest BCUT2D eigenvalue weighted by Crippen LogP contribution is 2.27. The highest BCUT2D eigenvalue weighted by molar-refractivity contribution is 7.89. The Kier molecular flexibility index (Phi) is 4.12. The molecule has 0 aliphatic carbocycles. The topological polar surface area (TPSA) is 77.3 Å². The Hall–Kier alpha value is -1.93. The lowest BCUT2D eigenvalue weighted by Crippen LogP contribution is -2.29. The third kappa shape index (κ3) is 2.84. The van der Waals surface area contributed by atoms with E-state index in [9.17, 15) is 8.42 Å². The van der Waals surface area contributed by atoms with Crippen molar-refractivity contribution >= 4 is 10.0 Å². The number of aromatic nitrogens is 3. The zero-order valence-corrected chi connectivity index (χ0v) is 13.1. The lowest BCUT2D eigenvalue weighted by atomic mass is 10.3. The van der Waals surface area contributed by atoms with Crippen LogP contribution in [0.25, 0.3) is 0 Å². The monoisotopic (exact) mass is 322 g/mol. The van der Waals surface area contributed by atoms with Gasteiger partial charge in [0.15, 0.2) is 0 Å². The maximum atomic E-state index is 12.7. The quantitative estimate of drug-likeness (QED) is 0.829. The van der Waals surface area contributed by atoms with Gasteiger partial charge in [-0.2, -0.15) is 4.31 Å². The van der Waals surface area contributed by atoms with E-state index in [1.807, 2.05) is 6.92 Å². The largest absolute Gasteiger partial charge is 0.494 e. The van der Waals surface area contributed by atoms with Crippen LogP contribution in [-0.4, -0.2) is 47.4 Å². The molecule has 0 radical (unpaired) electrons. The molecule has 1 aliphatic rings. The van der Waals surface area contributed by atoms with Crippen molar-refractivity contribution in [2.75, 3.05) is 19.7 Å². The van der Waals surface area contributed by atoms with Crippen LogP contribution in [0.2, 0.25) is 0 Å². The van der Waals surface area contributed by atoms with E-state index in [0.29, 0.717) is 25.4 Å². The molecule has 0 spiro atoms. The van der Waals surface area contributed by atoms with Gasteiger partial charge in [0, 0.05) is 19.3 Å². The molecule has 7 nitrogen and oxygen atoms in total. The Morgan fingerprint density at radius 3 is 2.73 bits per heavy atom. The van der Waals surface area contributed by atoms with Crippen LogP contribution in [-0.2, 0) is 10.0 Å². The van der Waals surface area contributed by atoms with Gasteiger partial charge < -0.3 is 4.74 Å². The molecule has 0 bridgehead atoms. The van der Waals surface area contributed by atoms with Crippen LogP contribution >= 0.6 is 0 Å². The fraction of sp³-hybridized carbons (Fsp3) is 0.429. The zero-order chi connectivity index (χ0) is 15.6. The Morgan fingerprint density at radius 1 is 1.32 bits per heavy atom. The summed E-state index contributed by atoms with van der Waals surface area (Å²) in [5.41, 5.74) is 0. The molecule has 1 aliphatic heterocycles. The zero-order valence-electron chi connectivity index (χ0n) is 12.3. The van der Waals surface area contributed by atoms with Gasteiger partial charge in [-0.15, -0.1) is 5.10 Å². The second kappa shape index (κ2) is 6.05. The summed E-state index contributed by atoms with van der Waals surface area (Å²) in [6.07, 6.45) is 4.10. The maximum Gasteiger partial charge on any atom is 0.243 e. The molecule has 2 aromatic rings. The minimum atomic E-state index is -3.48. The van der Waals surface area contributed by atoms with Crippen molar-refractivity contribution in [3.8, 4) is 5.75 Å². The van der Waals surface area contributed by atoms with Gasteiger partial charge in [-0.25, -0.2) is 13.1 Å². The van der Waals surface area contributed by atoms with Gasteiger partial charge >= 0.3 is 0 Å². The highest BCUT2D eigenvalue weighted by atomic mass is 32.2. The molecule has 0 N–H and O–H groups in total. The molecule has 22 heavy (non-hydrogen) atoms. The van der Waals surface area contributed by atoms with Gasteiger partial charge in [-0.3, -0.25) is 0 Å². The van der Waals surface area contributed by atoms with Crippen LogP contribution < -0.4 is 4.74 Å². The molecular formula is C14H18N4O3S. The maximum absolute atomic E-state index is 12.7. The molecule has 2 heterocycles. The predicted molar refractivity (Wildman–Crippen MR) is 80.0 cm³/mol. The molecule has 1 aromatic carbocycles. The number of rotatable bonds is 5. The first kappa shape index (κ1) is 15.0. The smallest absolute Gasteiger partial charge is 0.243 e. The van der Waals surface area contributed by atoms with Crippen LogP contribution in [0, 0.1) is 0 Å². The van der Waals surface area contributed by atoms with E-state index in [0.717, 1.165) is 6.42 Å². The van der Waals surface area contributed by atoms with E-state index in [4.69, 9.17) is 4.74 Å². The Balaban J connectivity index is 1.76. The van der Waals surface area contributed by atoms with Gasteiger partial charge in [0.2, 0.25) is 10.0 Å². The predicted octanol–water partition coefficient (Wildman–Crippen LogP) is 1.31. The number of hydrogen-bond donors (Lipinski definition) is 0. The molecule has 1 fully saturated rings. The Bertz CT molecular complexity index is 713. The first-order valence-corrected chi connectivity index (χ1v) is 8.64. The summed E-state index contributed by atoms with van der Waals surface area (Å²) < 4.78 is 33.9. The minimum Gasteiger partial charge on any atom is -0.494 e. The van der Waals surface area contributed by atoms with E-state index in [2.05, 4.69) is 10.3 Å². The van der Waals surface area contributed by atoms with E-state index in [-0.39, 0.29) is 10.9 Å². The highest BCUT2D eigenvalue weighted by Gasteiger charge is 2.33.